The van der Waals surface area contributed by atoms with Crippen LogP contribution in [0.3, 0.4) is 0 Å². The molecule has 15 heteroatoms. The van der Waals surface area contributed by atoms with Gasteiger partial charge in [-0.25, -0.2) is 15.0 Å². The Balaban J connectivity index is 2.21. The molecule has 0 radical (unpaired) electrons. The summed E-state index contributed by atoms with van der Waals surface area (Å²) >= 11 is 0. The van der Waals surface area contributed by atoms with Crippen molar-refractivity contribution in [2.75, 3.05) is 42.5 Å². The standard InChI is InChI=1S/C25H34N7O7P/c1-6-25(5,23(35)39-18-12-10-9-11-13-18)31-40(36,30-17(4)22(34)38-8-3)16-37-15-14-32(7-2)20-19(26)21(33)29-24(27)28-20/h1,7,9-13,17H,2,8,14-16,26H2,3-5H3,(H2,30,31,36)(H3,27,28,29,33)/t17-,25+,40?/m0/s1. The zero-order chi connectivity index (χ0) is 29.9. The summed E-state index contributed by atoms with van der Waals surface area (Å²) in [6, 6.07) is 7.13. The van der Waals surface area contributed by atoms with Gasteiger partial charge in [0.15, 0.2) is 11.4 Å². The van der Waals surface area contributed by atoms with Crippen molar-refractivity contribution in [1.82, 2.24) is 20.1 Å². The maximum absolute atomic E-state index is 14.0. The maximum Gasteiger partial charge on any atom is 0.344 e. The number of hydrogen-bond donors (Lipinski definition) is 5. The van der Waals surface area contributed by atoms with Gasteiger partial charge in [0, 0.05) is 6.54 Å². The van der Waals surface area contributed by atoms with Crippen LogP contribution in [0.5, 0.6) is 5.75 Å². The molecule has 0 aliphatic rings. The lowest BCUT2D eigenvalue weighted by Crippen LogP contribution is -2.52. The van der Waals surface area contributed by atoms with E-state index >= 15 is 0 Å². The number of ether oxygens (including phenoxy) is 3. The molecular weight excluding hydrogens is 541 g/mol. The number of nitrogens with one attached hydrogen (secondary N) is 3. The average Bonchev–Trinajstić information content (AvgIpc) is 2.91. The van der Waals surface area contributed by atoms with E-state index in [4.69, 9.17) is 32.1 Å². The summed E-state index contributed by atoms with van der Waals surface area (Å²) < 4.78 is 30.0. The molecule has 0 amide bonds. The van der Waals surface area contributed by atoms with Crippen LogP contribution < -0.4 is 36.8 Å². The van der Waals surface area contributed by atoms with Gasteiger partial charge >= 0.3 is 11.9 Å². The molecule has 7 N–H and O–H groups in total. The lowest BCUT2D eigenvalue weighted by Gasteiger charge is -2.31. The minimum atomic E-state index is -3.94. The number of para-hydroxylation sites is 1. The molecule has 0 aliphatic carbocycles. The highest BCUT2D eigenvalue weighted by atomic mass is 31.2. The first-order valence-corrected chi connectivity index (χ1v) is 14.0. The molecule has 0 saturated carbocycles. The number of benzene rings is 1. The Morgan fingerprint density at radius 2 is 2.02 bits per heavy atom. The van der Waals surface area contributed by atoms with Gasteiger partial charge in [-0.1, -0.05) is 30.7 Å². The van der Waals surface area contributed by atoms with E-state index in [9.17, 15) is 18.9 Å². The van der Waals surface area contributed by atoms with Crippen LogP contribution in [0.4, 0.5) is 17.5 Å². The number of nitrogen functional groups attached to an aromatic ring is 2. The number of H-pyrrole nitrogens is 1. The van der Waals surface area contributed by atoms with Gasteiger partial charge in [0.05, 0.1) is 13.2 Å². The van der Waals surface area contributed by atoms with Crippen LogP contribution in [0.2, 0.25) is 0 Å². The van der Waals surface area contributed by atoms with Gasteiger partial charge in [0.1, 0.15) is 23.8 Å². The van der Waals surface area contributed by atoms with Gasteiger partial charge < -0.3 is 30.6 Å². The Morgan fingerprint density at radius 3 is 2.62 bits per heavy atom. The third-order valence-corrected chi connectivity index (χ3v) is 7.45. The number of nitrogens with zero attached hydrogens (tertiary/aromatic N) is 2. The number of terminal acetylenes is 1. The van der Waals surface area contributed by atoms with Gasteiger partial charge in [-0.15, -0.1) is 6.42 Å². The van der Waals surface area contributed by atoms with Gasteiger partial charge in [-0.2, -0.15) is 4.98 Å². The van der Waals surface area contributed by atoms with Gasteiger partial charge in [-0.05, 0) is 39.1 Å². The Kier molecular flexibility index (Phi) is 11.5. The van der Waals surface area contributed by atoms with Gasteiger partial charge in [-0.3, -0.25) is 19.1 Å². The van der Waals surface area contributed by atoms with E-state index in [-0.39, 0.29) is 43.0 Å². The first kappa shape index (κ1) is 32.1. The second-order valence-electron chi connectivity index (χ2n) is 8.53. The fourth-order valence-corrected chi connectivity index (χ4v) is 5.48. The van der Waals surface area contributed by atoms with Crippen molar-refractivity contribution in [3.05, 3.63) is 53.5 Å². The number of esters is 2. The summed E-state index contributed by atoms with van der Waals surface area (Å²) in [5, 5.41) is 5.29. The number of nitrogens with two attached hydrogens (primary N) is 2. The molecule has 2 rings (SSSR count). The van der Waals surface area contributed by atoms with Crippen molar-refractivity contribution in [3.63, 3.8) is 0 Å². The van der Waals surface area contributed by atoms with Crippen LogP contribution in [0, 0.1) is 12.3 Å². The first-order valence-electron chi connectivity index (χ1n) is 12.1. The molecule has 40 heavy (non-hydrogen) atoms. The van der Waals surface area contributed by atoms with Gasteiger partial charge in [0.2, 0.25) is 13.4 Å². The van der Waals surface area contributed by atoms with Crippen LogP contribution in [0.1, 0.15) is 20.8 Å². The van der Waals surface area contributed by atoms with Crippen molar-refractivity contribution < 1.29 is 28.4 Å². The van der Waals surface area contributed by atoms with Gasteiger partial charge in [0.25, 0.3) is 5.56 Å². The second-order valence-corrected chi connectivity index (χ2v) is 10.7. The fraction of sp³-hybridized carbons (Fsp3) is 0.360. The molecule has 0 aliphatic heterocycles. The van der Waals surface area contributed by atoms with Crippen molar-refractivity contribution in [2.24, 2.45) is 0 Å². The zero-order valence-corrected chi connectivity index (χ0v) is 23.4. The molecular formula is C25H34N7O7P. The molecule has 1 aromatic heterocycles. The number of carbonyl (C=O) groups is 2. The summed E-state index contributed by atoms with van der Waals surface area (Å²) in [7, 11) is -3.94. The molecule has 0 fully saturated rings. The Morgan fingerprint density at radius 1 is 1.35 bits per heavy atom. The van der Waals surface area contributed by atoms with E-state index in [2.05, 4.69) is 32.6 Å². The molecule has 0 bridgehead atoms. The zero-order valence-electron chi connectivity index (χ0n) is 22.5. The highest BCUT2D eigenvalue weighted by molar-refractivity contribution is 7.59. The summed E-state index contributed by atoms with van der Waals surface area (Å²) in [5.74, 6) is 0.834. The Bertz CT molecular complexity index is 1350. The van der Waals surface area contributed by atoms with Crippen molar-refractivity contribution in [1.29, 1.82) is 0 Å². The molecule has 1 heterocycles. The quantitative estimate of drug-likeness (QED) is 0.0666. The normalized spacial score (nSPS) is 14.6. The maximum atomic E-state index is 14.0. The summed E-state index contributed by atoms with van der Waals surface area (Å²) in [4.78, 5) is 44.9. The van der Waals surface area contributed by atoms with Crippen LogP contribution in [-0.4, -0.2) is 59.6 Å². The summed E-state index contributed by atoms with van der Waals surface area (Å²) in [6.45, 7) is 8.14. The second kappa shape index (κ2) is 14.3. The number of aromatic nitrogens is 2. The topological polar surface area (TPSA) is 204 Å². The minimum Gasteiger partial charge on any atom is -0.465 e. The summed E-state index contributed by atoms with van der Waals surface area (Å²) in [5.41, 5.74) is 8.73. The van der Waals surface area contributed by atoms with Crippen LogP contribution in [-0.2, 0) is 23.6 Å². The smallest absolute Gasteiger partial charge is 0.344 e. The number of hydrogen-bond acceptors (Lipinski definition) is 11. The van der Waals surface area contributed by atoms with E-state index in [1.807, 2.05) is 0 Å². The number of anilines is 3. The lowest BCUT2D eigenvalue weighted by atomic mass is 10.1. The van der Waals surface area contributed by atoms with Crippen LogP contribution in [0.15, 0.2) is 47.9 Å². The average molecular weight is 576 g/mol. The van der Waals surface area contributed by atoms with Crippen molar-refractivity contribution in [3.8, 4) is 18.1 Å². The minimum absolute atomic E-state index is 0.0544. The SMILES string of the molecule is C#C[C@@](C)(NP(=O)(COCCN(C=C)c1nc(N)[nH]c(=O)c1N)N[C@@H](C)C(=O)OCC)C(=O)Oc1ccccc1. The Hall–Kier alpha value is -4.15. The predicted molar refractivity (Wildman–Crippen MR) is 151 cm³/mol. The third-order valence-electron chi connectivity index (χ3n) is 5.29. The van der Waals surface area contributed by atoms with Crippen LogP contribution >= 0.6 is 7.44 Å². The van der Waals surface area contributed by atoms with Crippen molar-refractivity contribution in [2.45, 2.75) is 32.4 Å². The molecule has 0 saturated heterocycles. The molecule has 2 aromatic rings. The predicted octanol–water partition coefficient (Wildman–Crippen LogP) is 1.18. The highest BCUT2D eigenvalue weighted by Crippen LogP contribution is 2.40. The Labute approximate surface area is 231 Å². The first-order chi connectivity index (χ1) is 18.9. The van der Waals surface area contributed by atoms with E-state index in [0.29, 0.717) is 0 Å². The highest BCUT2D eigenvalue weighted by Gasteiger charge is 2.41. The molecule has 216 valence electrons. The van der Waals surface area contributed by atoms with E-state index in [1.165, 1.54) is 24.9 Å². The molecule has 0 spiro atoms. The molecule has 14 nitrogen and oxygen atoms in total. The number of aromatic amines is 1. The fourth-order valence-electron chi connectivity index (χ4n) is 3.28. The van der Waals surface area contributed by atoms with E-state index in [0.717, 1.165) is 0 Å². The van der Waals surface area contributed by atoms with Crippen molar-refractivity contribution >= 4 is 36.8 Å². The molecule has 1 aromatic carbocycles. The number of rotatable bonds is 15. The molecule has 1 unspecified atom stereocenters. The largest absolute Gasteiger partial charge is 0.465 e. The number of carbonyl (C=O) groups excluding carboxylic acids is 2. The van der Waals surface area contributed by atoms with Crippen LogP contribution in [0.25, 0.3) is 0 Å². The summed E-state index contributed by atoms with van der Waals surface area (Å²) in [6.07, 6.45) is 6.49. The van der Waals surface area contributed by atoms with E-state index in [1.54, 1.807) is 37.3 Å². The van der Waals surface area contributed by atoms with E-state index < -0.39 is 42.9 Å². The lowest BCUT2D eigenvalue weighted by molar-refractivity contribution is -0.144. The molecule has 3 atom stereocenters. The monoisotopic (exact) mass is 575 g/mol. The third kappa shape index (κ3) is 8.69.